The molecule has 0 aromatic carbocycles. The number of hydrogen-bond donors (Lipinski definition) is 2. The molecule has 1 heterocycles. The molecular weight excluding hydrogens is 316 g/mol. The van der Waals surface area contributed by atoms with Gasteiger partial charge in [0.15, 0.2) is 0 Å². The summed E-state index contributed by atoms with van der Waals surface area (Å²) in [4.78, 5) is 23.9. The van der Waals surface area contributed by atoms with E-state index in [2.05, 4.69) is 10.6 Å². The third-order valence-corrected chi connectivity index (χ3v) is 6.83. The lowest BCUT2D eigenvalue weighted by molar-refractivity contribution is -0.127. The Morgan fingerprint density at radius 2 is 1.36 bits per heavy atom. The molecule has 4 nitrogen and oxygen atoms in total. The van der Waals surface area contributed by atoms with Crippen molar-refractivity contribution in [2.45, 2.75) is 76.3 Å². The Kier molecular flexibility index (Phi) is 8.52. The van der Waals surface area contributed by atoms with Gasteiger partial charge in [-0.25, -0.2) is 0 Å². The van der Waals surface area contributed by atoms with Crippen molar-refractivity contribution in [3.05, 3.63) is 0 Å². The molecule has 2 N–H and O–H groups in total. The van der Waals surface area contributed by atoms with Crippen molar-refractivity contribution >= 4 is 33.4 Å². The van der Waals surface area contributed by atoms with Crippen molar-refractivity contribution in [3.8, 4) is 0 Å². The van der Waals surface area contributed by atoms with Crippen LogP contribution in [0.3, 0.4) is 0 Å². The number of carbonyl (C=O) groups is 2. The van der Waals surface area contributed by atoms with Gasteiger partial charge in [0.2, 0.25) is 11.8 Å². The van der Waals surface area contributed by atoms with Gasteiger partial charge >= 0.3 is 0 Å². The average Bonchev–Trinajstić information content (AvgIpc) is 2.49. The van der Waals surface area contributed by atoms with Crippen molar-refractivity contribution in [2.75, 3.05) is 11.5 Å². The van der Waals surface area contributed by atoms with Crippen LogP contribution < -0.4 is 10.6 Å². The molecule has 0 aromatic heterocycles. The molecule has 6 heteroatoms. The van der Waals surface area contributed by atoms with Crippen LogP contribution >= 0.6 is 21.6 Å². The number of nitrogens with one attached hydrogen (secondary N) is 2. The van der Waals surface area contributed by atoms with E-state index in [1.54, 1.807) is 0 Å². The van der Waals surface area contributed by atoms with E-state index in [0.717, 1.165) is 30.8 Å². The highest BCUT2D eigenvalue weighted by Crippen LogP contribution is 2.29. The highest BCUT2D eigenvalue weighted by molar-refractivity contribution is 8.76. The van der Waals surface area contributed by atoms with Gasteiger partial charge in [0.05, 0.1) is 0 Å². The van der Waals surface area contributed by atoms with Gasteiger partial charge in [-0.3, -0.25) is 9.59 Å². The minimum Gasteiger partial charge on any atom is -0.353 e. The quantitative estimate of drug-likeness (QED) is 0.752. The van der Waals surface area contributed by atoms with Crippen molar-refractivity contribution in [1.82, 2.24) is 10.6 Å². The predicted molar refractivity (Wildman–Crippen MR) is 94.9 cm³/mol. The van der Waals surface area contributed by atoms with Crippen LogP contribution in [0.2, 0.25) is 0 Å². The van der Waals surface area contributed by atoms with Crippen LogP contribution in [-0.4, -0.2) is 35.4 Å². The monoisotopic (exact) mass is 344 g/mol. The number of rotatable bonds is 5. The predicted octanol–water partition coefficient (Wildman–Crippen LogP) is 3.27. The van der Waals surface area contributed by atoms with Gasteiger partial charge in [-0.1, -0.05) is 53.7 Å². The summed E-state index contributed by atoms with van der Waals surface area (Å²) in [5.74, 6) is 2.13. The Morgan fingerprint density at radius 1 is 0.773 bits per heavy atom. The molecule has 0 spiro atoms. The molecule has 0 radical (unpaired) electrons. The zero-order valence-corrected chi connectivity index (χ0v) is 14.9. The third-order valence-electron chi connectivity index (χ3n) is 4.32. The van der Waals surface area contributed by atoms with E-state index in [-0.39, 0.29) is 17.9 Å². The lowest BCUT2D eigenvalue weighted by Gasteiger charge is -2.22. The standard InChI is InChI=1S/C16H28N2O2S2/c19-15(17-13-6-4-2-1-3-5-7-13)8-9-16(20)18-14-10-11-21-22-12-14/h13-14H,1-12H2,(H,17,19)(H,18,20)/t14-/m0/s1. The van der Waals surface area contributed by atoms with Crippen LogP contribution in [0.4, 0.5) is 0 Å². The van der Waals surface area contributed by atoms with E-state index in [9.17, 15) is 9.59 Å². The molecule has 0 unspecified atom stereocenters. The summed E-state index contributed by atoms with van der Waals surface area (Å²) < 4.78 is 0. The van der Waals surface area contributed by atoms with Crippen molar-refractivity contribution in [2.24, 2.45) is 0 Å². The highest BCUT2D eigenvalue weighted by atomic mass is 33.1. The third kappa shape index (κ3) is 7.27. The Hall–Kier alpha value is -0.360. The van der Waals surface area contributed by atoms with E-state index in [0.29, 0.717) is 18.9 Å². The summed E-state index contributed by atoms with van der Waals surface area (Å²) in [6.07, 6.45) is 10.2. The van der Waals surface area contributed by atoms with Crippen LogP contribution in [0.15, 0.2) is 0 Å². The topological polar surface area (TPSA) is 58.2 Å². The van der Waals surface area contributed by atoms with E-state index in [1.807, 2.05) is 21.6 Å². The molecule has 2 fully saturated rings. The van der Waals surface area contributed by atoms with Crippen LogP contribution in [0.25, 0.3) is 0 Å². The molecule has 0 bridgehead atoms. The smallest absolute Gasteiger partial charge is 0.220 e. The fourth-order valence-electron chi connectivity index (χ4n) is 3.00. The fourth-order valence-corrected chi connectivity index (χ4v) is 5.44. The fraction of sp³-hybridized carbons (Fsp3) is 0.875. The van der Waals surface area contributed by atoms with Gasteiger partial charge < -0.3 is 10.6 Å². The maximum atomic E-state index is 12.0. The Balaban J connectivity index is 1.60. The van der Waals surface area contributed by atoms with Gasteiger partial charge in [-0.2, -0.15) is 0 Å². The molecular formula is C16H28N2O2S2. The van der Waals surface area contributed by atoms with Crippen LogP contribution in [0, 0.1) is 0 Å². The molecule has 1 aliphatic heterocycles. The Labute approximate surface area is 141 Å². The number of hydrogen-bond acceptors (Lipinski definition) is 4. The minimum absolute atomic E-state index is 0.0188. The first-order chi connectivity index (χ1) is 10.7. The zero-order valence-electron chi connectivity index (χ0n) is 13.3. The number of carbonyl (C=O) groups excluding carboxylic acids is 2. The van der Waals surface area contributed by atoms with E-state index in [1.165, 1.54) is 32.1 Å². The first-order valence-electron chi connectivity index (χ1n) is 8.57. The van der Waals surface area contributed by atoms with Crippen molar-refractivity contribution in [3.63, 3.8) is 0 Å². The largest absolute Gasteiger partial charge is 0.353 e. The lowest BCUT2D eigenvalue weighted by Crippen LogP contribution is -2.39. The summed E-state index contributed by atoms with van der Waals surface area (Å²) in [7, 11) is 3.69. The van der Waals surface area contributed by atoms with Crippen LogP contribution in [0.1, 0.15) is 64.2 Å². The minimum atomic E-state index is 0.0188. The molecule has 1 atom stereocenters. The van der Waals surface area contributed by atoms with Gasteiger partial charge in [-0.05, 0) is 19.3 Å². The Bertz CT molecular complexity index is 352. The van der Waals surface area contributed by atoms with Gasteiger partial charge in [-0.15, -0.1) is 0 Å². The summed E-state index contributed by atoms with van der Waals surface area (Å²) in [5.41, 5.74) is 0. The Morgan fingerprint density at radius 3 is 1.95 bits per heavy atom. The summed E-state index contributed by atoms with van der Waals surface area (Å²) in [5, 5.41) is 6.16. The second-order valence-electron chi connectivity index (χ2n) is 6.27. The molecule has 22 heavy (non-hydrogen) atoms. The summed E-state index contributed by atoms with van der Waals surface area (Å²) in [6.45, 7) is 0. The SMILES string of the molecule is O=C(CCC(=O)N[C@H]1CCSSC1)NC1CCCCCCC1. The molecule has 2 aliphatic rings. The molecule has 2 rings (SSSR count). The van der Waals surface area contributed by atoms with Crippen molar-refractivity contribution in [1.29, 1.82) is 0 Å². The second-order valence-corrected chi connectivity index (χ2v) is 8.90. The van der Waals surface area contributed by atoms with E-state index >= 15 is 0 Å². The van der Waals surface area contributed by atoms with Crippen LogP contribution in [-0.2, 0) is 9.59 Å². The van der Waals surface area contributed by atoms with E-state index in [4.69, 9.17) is 0 Å². The lowest BCUT2D eigenvalue weighted by atomic mass is 9.96. The number of amides is 2. The highest BCUT2D eigenvalue weighted by Gasteiger charge is 2.18. The molecule has 2 amide bonds. The zero-order chi connectivity index (χ0) is 15.6. The van der Waals surface area contributed by atoms with Crippen molar-refractivity contribution < 1.29 is 9.59 Å². The first kappa shape index (κ1) is 18.0. The summed E-state index contributed by atoms with van der Waals surface area (Å²) >= 11 is 0. The maximum absolute atomic E-state index is 12.0. The molecule has 1 saturated carbocycles. The van der Waals surface area contributed by atoms with Crippen LogP contribution in [0.5, 0.6) is 0 Å². The molecule has 1 saturated heterocycles. The summed E-state index contributed by atoms with van der Waals surface area (Å²) in [6, 6.07) is 0.607. The molecule has 0 aromatic rings. The van der Waals surface area contributed by atoms with E-state index < -0.39 is 0 Å². The second kappa shape index (κ2) is 10.4. The normalized spacial score (nSPS) is 24.1. The van der Waals surface area contributed by atoms with Gasteiger partial charge in [0.25, 0.3) is 0 Å². The first-order valence-corrected chi connectivity index (χ1v) is 11.1. The molecule has 126 valence electrons. The molecule has 1 aliphatic carbocycles. The van der Waals surface area contributed by atoms with Gasteiger partial charge in [0, 0.05) is 36.4 Å². The maximum Gasteiger partial charge on any atom is 0.220 e. The van der Waals surface area contributed by atoms with Gasteiger partial charge in [0.1, 0.15) is 0 Å². The average molecular weight is 345 g/mol.